The van der Waals surface area contributed by atoms with Gasteiger partial charge in [0.2, 0.25) is 10.0 Å². The topological polar surface area (TPSA) is 76.3 Å². The summed E-state index contributed by atoms with van der Waals surface area (Å²) in [6, 6.07) is 3.11. The Kier molecular flexibility index (Phi) is 4.14. The lowest BCUT2D eigenvalue weighted by molar-refractivity contribution is 0.416. The Morgan fingerprint density at radius 3 is 3.06 bits per heavy atom. The van der Waals surface area contributed by atoms with E-state index in [1.807, 2.05) is 11.8 Å². The van der Waals surface area contributed by atoms with E-state index in [2.05, 4.69) is 11.9 Å². The highest BCUT2D eigenvalue weighted by Gasteiger charge is 2.31. The Balaban J connectivity index is 2.29. The van der Waals surface area contributed by atoms with Gasteiger partial charge in [0, 0.05) is 30.3 Å². The first kappa shape index (κ1) is 13.6. The second-order valence-corrected chi connectivity index (χ2v) is 7.47. The van der Waals surface area contributed by atoms with Gasteiger partial charge in [0.05, 0.1) is 0 Å². The number of thioether (sulfide) groups is 1. The van der Waals surface area contributed by atoms with Gasteiger partial charge < -0.3 is 5.73 Å². The molecule has 0 aromatic carbocycles. The molecule has 18 heavy (non-hydrogen) atoms. The molecule has 1 saturated heterocycles. The molecule has 1 aromatic heterocycles. The number of pyridine rings is 1. The molecule has 5 nitrogen and oxygen atoms in total. The predicted molar refractivity (Wildman–Crippen MR) is 73.9 cm³/mol. The standard InChI is InChI=1S/C11H17N3O2S2/c1-2-9-8-14(6-7-17-9)18(15,16)10-4-3-5-13-11(10)12/h3-5,9H,2,6-8H2,1H3,(H2,12,13). The van der Waals surface area contributed by atoms with E-state index >= 15 is 0 Å². The molecule has 2 heterocycles. The van der Waals surface area contributed by atoms with Crippen LogP contribution >= 0.6 is 11.8 Å². The second kappa shape index (κ2) is 5.46. The van der Waals surface area contributed by atoms with Crippen LogP contribution in [0.4, 0.5) is 5.82 Å². The van der Waals surface area contributed by atoms with Crippen molar-refractivity contribution in [3.63, 3.8) is 0 Å². The van der Waals surface area contributed by atoms with Crippen LogP contribution in [-0.4, -0.2) is 41.8 Å². The minimum absolute atomic E-state index is 0.0729. The molecule has 7 heteroatoms. The van der Waals surface area contributed by atoms with Gasteiger partial charge in [-0.1, -0.05) is 6.92 Å². The fourth-order valence-electron chi connectivity index (χ4n) is 1.92. The summed E-state index contributed by atoms with van der Waals surface area (Å²) in [5.41, 5.74) is 5.66. The SMILES string of the molecule is CCC1CN(S(=O)(=O)c2cccnc2N)CCS1. The summed E-state index contributed by atoms with van der Waals surface area (Å²) in [6.45, 7) is 3.17. The zero-order valence-electron chi connectivity index (χ0n) is 10.2. The average Bonchev–Trinajstić information content (AvgIpc) is 2.39. The summed E-state index contributed by atoms with van der Waals surface area (Å²) in [5.74, 6) is 0.904. The highest BCUT2D eigenvalue weighted by atomic mass is 32.2. The van der Waals surface area contributed by atoms with Crippen LogP contribution in [0.2, 0.25) is 0 Å². The van der Waals surface area contributed by atoms with Crippen LogP contribution in [0.25, 0.3) is 0 Å². The molecule has 0 aliphatic carbocycles. The van der Waals surface area contributed by atoms with Crippen molar-refractivity contribution in [2.24, 2.45) is 0 Å². The summed E-state index contributed by atoms with van der Waals surface area (Å²) < 4.78 is 26.5. The lowest BCUT2D eigenvalue weighted by Gasteiger charge is -2.31. The molecule has 1 atom stereocenters. The summed E-state index contributed by atoms with van der Waals surface area (Å²) in [4.78, 5) is 3.96. The molecule has 0 amide bonds. The zero-order valence-corrected chi connectivity index (χ0v) is 11.9. The fourth-order valence-corrected chi connectivity index (χ4v) is 4.86. The van der Waals surface area contributed by atoms with Gasteiger partial charge in [-0.15, -0.1) is 0 Å². The van der Waals surface area contributed by atoms with Crippen molar-refractivity contribution in [1.82, 2.24) is 9.29 Å². The Hall–Kier alpha value is -0.790. The van der Waals surface area contributed by atoms with Gasteiger partial charge in [0.1, 0.15) is 10.7 Å². The van der Waals surface area contributed by atoms with Gasteiger partial charge in [0.25, 0.3) is 0 Å². The van der Waals surface area contributed by atoms with Gasteiger partial charge in [0.15, 0.2) is 0 Å². The number of rotatable bonds is 3. The van der Waals surface area contributed by atoms with Gasteiger partial charge in [-0.2, -0.15) is 16.1 Å². The van der Waals surface area contributed by atoms with Crippen LogP contribution in [0.5, 0.6) is 0 Å². The summed E-state index contributed by atoms with van der Waals surface area (Å²) >= 11 is 1.83. The molecule has 1 unspecified atom stereocenters. The van der Waals surface area contributed by atoms with E-state index in [4.69, 9.17) is 5.73 Å². The number of nitrogens with zero attached hydrogens (tertiary/aromatic N) is 2. The zero-order chi connectivity index (χ0) is 13.2. The van der Waals surface area contributed by atoms with Crippen molar-refractivity contribution in [3.05, 3.63) is 18.3 Å². The largest absolute Gasteiger partial charge is 0.383 e. The molecule has 100 valence electrons. The minimum Gasteiger partial charge on any atom is -0.383 e. The number of aromatic nitrogens is 1. The lowest BCUT2D eigenvalue weighted by atomic mass is 10.3. The predicted octanol–water partition coefficient (Wildman–Crippen LogP) is 1.18. The quantitative estimate of drug-likeness (QED) is 0.903. The van der Waals surface area contributed by atoms with E-state index in [9.17, 15) is 8.42 Å². The first-order chi connectivity index (χ1) is 8.55. The van der Waals surface area contributed by atoms with E-state index < -0.39 is 10.0 Å². The summed E-state index contributed by atoms with van der Waals surface area (Å²) in [7, 11) is -3.50. The maximum atomic E-state index is 12.5. The van der Waals surface area contributed by atoms with Crippen LogP contribution in [0.1, 0.15) is 13.3 Å². The van der Waals surface area contributed by atoms with Gasteiger partial charge >= 0.3 is 0 Å². The van der Waals surface area contributed by atoms with Crippen molar-refractivity contribution in [3.8, 4) is 0 Å². The molecule has 0 saturated carbocycles. The number of sulfonamides is 1. The van der Waals surface area contributed by atoms with Crippen LogP contribution in [0, 0.1) is 0 Å². The molecule has 0 spiro atoms. The van der Waals surface area contributed by atoms with E-state index in [1.54, 1.807) is 6.07 Å². The second-order valence-electron chi connectivity index (χ2n) is 4.15. The first-order valence-electron chi connectivity index (χ1n) is 5.88. The van der Waals surface area contributed by atoms with Crippen LogP contribution in [0.3, 0.4) is 0 Å². The Morgan fingerprint density at radius 1 is 1.61 bits per heavy atom. The number of nitrogens with two attached hydrogens (primary N) is 1. The third-order valence-electron chi connectivity index (χ3n) is 2.97. The third kappa shape index (κ3) is 2.62. The third-order valence-corrected chi connectivity index (χ3v) is 6.26. The molecule has 0 radical (unpaired) electrons. The Morgan fingerprint density at radius 2 is 2.39 bits per heavy atom. The van der Waals surface area contributed by atoms with E-state index in [-0.39, 0.29) is 10.7 Å². The van der Waals surface area contributed by atoms with Gasteiger partial charge in [-0.25, -0.2) is 13.4 Å². The number of hydrogen-bond donors (Lipinski definition) is 1. The van der Waals surface area contributed by atoms with Gasteiger partial charge in [-0.3, -0.25) is 0 Å². The molecule has 2 rings (SSSR count). The van der Waals surface area contributed by atoms with Crippen molar-refractivity contribution in [1.29, 1.82) is 0 Å². The molecule has 1 fully saturated rings. The Labute approximate surface area is 112 Å². The maximum Gasteiger partial charge on any atom is 0.246 e. The van der Waals surface area contributed by atoms with E-state index in [0.29, 0.717) is 18.3 Å². The normalized spacial score (nSPS) is 21.9. The molecule has 0 bridgehead atoms. The molecule has 1 aliphatic rings. The summed E-state index contributed by atoms with van der Waals surface area (Å²) in [6.07, 6.45) is 2.47. The molecular formula is C11H17N3O2S2. The highest BCUT2D eigenvalue weighted by Crippen LogP contribution is 2.27. The van der Waals surface area contributed by atoms with Crippen LogP contribution in [0.15, 0.2) is 23.2 Å². The lowest BCUT2D eigenvalue weighted by Crippen LogP contribution is -2.41. The number of anilines is 1. The van der Waals surface area contributed by atoms with Crippen molar-refractivity contribution in [2.75, 3.05) is 24.6 Å². The maximum absolute atomic E-state index is 12.5. The number of hydrogen-bond acceptors (Lipinski definition) is 5. The van der Waals surface area contributed by atoms with Crippen LogP contribution in [-0.2, 0) is 10.0 Å². The van der Waals surface area contributed by atoms with Crippen molar-refractivity contribution >= 4 is 27.6 Å². The monoisotopic (exact) mass is 287 g/mol. The first-order valence-corrected chi connectivity index (χ1v) is 8.37. The Bertz CT molecular complexity index is 519. The fraction of sp³-hybridized carbons (Fsp3) is 0.545. The smallest absolute Gasteiger partial charge is 0.246 e. The molecule has 2 N–H and O–H groups in total. The summed E-state index contributed by atoms with van der Waals surface area (Å²) in [5, 5.41) is 0.367. The highest BCUT2D eigenvalue weighted by molar-refractivity contribution is 8.00. The number of nitrogen functional groups attached to an aromatic ring is 1. The molecular weight excluding hydrogens is 270 g/mol. The molecule has 1 aromatic rings. The van der Waals surface area contributed by atoms with E-state index in [1.165, 1.54) is 16.6 Å². The molecule has 1 aliphatic heterocycles. The van der Waals surface area contributed by atoms with Crippen molar-refractivity contribution < 1.29 is 8.42 Å². The average molecular weight is 287 g/mol. The van der Waals surface area contributed by atoms with Crippen molar-refractivity contribution in [2.45, 2.75) is 23.5 Å². The van der Waals surface area contributed by atoms with E-state index in [0.717, 1.165) is 12.2 Å². The van der Waals surface area contributed by atoms with Gasteiger partial charge in [-0.05, 0) is 18.6 Å². The minimum atomic E-state index is -3.50. The van der Waals surface area contributed by atoms with Crippen LogP contribution < -0.4 is 5.73 Å².